The monoisotopic (exact) mass is 391 g/mol. The Morgan fingerprint density at radius 1 is 1.08 bits per heavy atom. The summed E-state index contributed by atoms with van der Waals surface area (Å²) in [5.74, 6) is -1.96. The lowest BCUT2D eigenvalue weighted by atomic mass is 10.0. The quantitative estimate of drug-likeness (QED) is 0.589. The second-order valence-electron chi connectivity index (χ2n) is 5.82. The van der Waals surface area contributed by atoms with Gasteiger partial charge in [-0.3, -0.25) is 4.79 Å². The van der Waals surface area contributed by atoms with Gasteiger partial charge in [0, 0.05) is 16.3 Å². The summed E-state index contributed by atoms with van der Waals surface area (Å²) in [6.07, 6.45) is 0.515. The molecule has 0 spiro atoms. The van der Waals surface area contributed by atoms with E-state index in [1.807, 2.05) is 29.6 Å². The van der Waals surface area contributed by atoms with Gasteiger partial charge in [-0.2, -0.15) is 0 Å². The predicted octanol–water partition coefficient (Wildman–Crippen LogP) is 5.52. The van der Waals surface area contributed by atoms with Crippen LogP contribution in [0.1, 0.15) is 28.5 Å². The van der Waals surface area contributed by atoms with E-state index in [1.165, 1.54) is 6.07 Å². The van der Waals surface area contributed by atoms with Gasteiger partial charge in [0.05, 0.1) is 6.04 Å². The molecule has 2 aromatic carbocycles. The zero-order valence-corrected chi connectivity index (χ0v) is 15.3. The van der Waals surface area contributed by atoms with Crippen LogP contribution >= 0.6 is 22.9 Å². The van der Waals surface area contributed by atoms with E-state index in [-0.39, 0.29) is 18.4 Å². The lowest BCUT2D eigenvalue weighted by molar-refractivity contribution is -0.121. The summed E-state index contributed by atoms with van der Waals surface area (Å²) in [5, 5.41) is 5.59. The highest BCUT2D eigenvalue weighted by molar-refractivity contribution is 7.10. The van der Waals surface area contributed by atoms with E-state index in [0.717, 1.165) is 22.6 Å². The summed E-state index contributed by atoms with van der Waals surface area (Å²) in [4.78, 5) is 13.4. The molecule has 0 aliphatic carbocycles. The van der Waals surface area contributed by atoms with Gasteiger partial charge in [0.25, 0.3) is 0 Å². The van der Waals surface area contributed by atoms with Crippen LogP contribution in [0.2, 0.25) is 5.02 Å². The van der Waals surface area contributed by atoms with E-state index in [2.05, 4.69) is 5.32 Å². The third-order valence-electron chi connectivity index (χ3n) is 3.96. The third-order valence-corrected chi connectivity index (χ3v) is 5.15. The number of rotatable bonds is 6. The first-order chi connectivity index (χ1) is 12.5. The van der Waals surface area contributed by atoms with Gasteiger partial charge in [0.15, 0.2) is 11.6 Å². The molecule has 26 heavy (non-hydrogen) atoms. The molecule has 0 saturated heterocycles. The molecule has 1 atom stereocenters. The van der Waals surface area contributed by atoms with Crippen molar-refractivity contribution in [2.45, 2.75) is 18.9 Å². The Morgan fingerprint density at radius 3 is 2.50 bits per heavy atom. The van der Waals surface area contributed by atoms with Crippen molar-refractivity contribution in [1.29, 1.82) is 0 Å². The van der Waals surface area contributed by atoms with E-state index >= 15 is 0 Å². The summed E-state index contributed by atoms with van der Waals surface area (Å²) in [6.45, 7) is 0. The van der Waals surface area contributed by atoms with Gasteiger partial charge in [0.1, 0.15) is 0 Å². The fourth-order valence-electron chi connectivity index (χ4n) is 2.62. The molecular formula is C20H16ClF2NOS. The van der Waals surface area contributed by atoms with Crippen LogP contribution in [-0.2, 0) is 11.2 Å². The minimum atomic E-state index is -0.902. The molecule has 0 fully saturated rings. The van der Waals surface area contributed by atoms with Crippen molar-refractivity contribution in [1.82, 2.24) is 5.32 Å². The maximum Gasteiger partial charge on any atom is 0.221 e. The van der Waals surface area contributed by atoms with Gasteiger partial charge in [-0.05, 0) is 53.3 Å². The van der Waals surface area contributed by atoms with Gasteiger partial charge in [-0.15, -0.1) is 11.3 Å². The first kappa shape index (κ1) is 18.5. The second kappa shape index (κ2) is 8.43. The summed E-state index contributed by atoms with van der Waals surface area (Å²) in [6, 6.07) is 14.6. The van der Waals surface area contributed by atoms with Crippen LogP contribution in [0.25, 0.3) is 0 Å². The summed E-state index contributed by atoms with van der Waals surface area (Å²) in [5.41, 5.74) is 1.51. The van der Waals surface area contributed by atoms with Gasteiger partial charge >= 0.3 is 0 Å². The number of halogens is 3. The highest BCUT2D eigenvalue weighted by Crippen LogP contribution is 2.27. The second-order valence-corrected chi connectivity index (χ2v) is 7.23. The number of hydrogen-bond donors (Lipinski definition) is 1. The maximum atomic E-state index is 13.3. The average Bonchev–Trinajstić information content (AvgIpc) is 3.16. The lowest BCUT2D eigenvalue weighted by Gasteiger charge is -2.18. The zero-order chi connectivity index (χ0) is 18.5. The molecule has 3 aromatic rings. The van der Waals surface area contributed by atoms with Crippen LogP contribution in [0.4, 0.5) is 8.78 Å². The minimum Gasteiger partial charge on any atom is -0.344 e. The standard InChI is InChI=1S/C20H16ClF2NOS/c21-15-7-5-14(6-8-15)20(18-2-1-11-26-18)24-19(25)10-4-13-3-9-16(22)17(23)12-13/h1-3,5-9,11-12,20H,4,10H2,(H,24,25). The fourth-order valence-corrected chi connectivity index (χ4v) is 3.54. The van der Waals surface area contributed by atoms with Crippen LogP contribution in [0.15, 0.2) is 60.0 Å². The Labute approximate surface area is 159 Å². The van der Waals surface area contributed by atoms with Gasteiger partial charge in [-0.25, -0.2) is 8.78 Å². The number of benzene rings is 2. The molecule has 1 amide bonds. The lowest BCUT2D eigenvalue weighted by Crippen LogP contribution is -2.29. The minimum absolute atomic E-state index is 0.164. The predicted molar refractivity (Wildman–Crippen MR) is 100 cm³/mol. The first-order valence-corrected chi connectivity index (χ1v) is 9.31. The van der Waals surface area contributed by atoms with E-state index in [9.17, 15) is 13.6 Å². The van der Waals surface area contributed by atoms with Crippen LogP contribution in [0, 0.1) is 11.6 Å². The molecule has 0 aliphatic rings. The normalized spacial score (nSPS) is 12.0. The van der Waals surface area contributed by atoms with Crippen molar-refractivity contribution >= 4 is 28.8 Å². The Balaban J connectivity index is 1.69. The number of amides is 1. The molecule has 0 saturated carbocycles. The van der Waals surface area contributed by atoms with E-state index in [1.54, 1.807) is 23.5 Å². The van der Waals surface area contributed by atoms with Crippen LogP contribution in [0.3, 0.4) is 0 Å². The molecule has 6 heteroatoms. The molecule has 0 aliphatic heterocycles. The smallest absolute Gasteiger partial charge is 0.221 e. The summed E-state index contributed by atoms with van der Waals surface area (Å²) in [7, 11) is 0. The summed E-state index contributed by atoms with van der Waals surface area (Å²) < 4.78 is 26.2. The number of thiophene rings is 1. The molecular weight excluding hydrogens is 376 g/mol. The molecule has 0 bridgehead atoms. The van der Waals surface area contributed by atoms with E-state index < -0.39 is 11.6 Å². The van der Waals surface area contributed by atoms with Crippen molar-refractivity contribution in [2.75, 3.05) is 0 Å². The molecule has 1 N–H and O–H groups in total. The Kier molecular flexibility index (Phi) is 6.01. The fraction of sp³-hybridized carbons (Fsp3) is 0.150. The molecule has 0 radical (unpaired) electrons. The number of aryl methyl sites for hydroxylation is 1. The zero-order valence-electron chi connectivity index (χ0n) is 13.7. The van der Waals surface area contributed by atoms with Gasteiger partial charge in [0.2, 0.25) is 5.91 Å². The summed E-state index contributed by atoms with van der Waals surface area (Å²) >= 11 is 7.50. The topological polar surface area (TPSA) is 29.1 Å². The number of carbonyl (C=O) groups is 1. The van der Waals surface area contributed by atoms with Gasteiger partial charge < -0.3 is 5.32 Å². The number of hydrogen-bond acceptors (Lipinski definition) is 2. The Morgan fingerprint density at radius 2 is 1.85 bits per heavy atom. The average molecular weight is 392 g/mol. The van der Waals surface area contributed by atoms with Crippen molar-refractivity contribution in [3.05, 3.63) is 92.6 Å². The van der Waals surface area contributed by atoms with Crippen molar-refractivity contribution < 1.29 is 13.6 Å². The van der Waals surface area contributed by atoms with Crippen molar-refractivity contribution in [2.24, 2.45) is 0 Å². The molecule has 1 aromatic heterocycles. The van der Waals surface area contributed by atoms with Gasteiger partial charge in [-0.1, -0.05) is 35.9 Å². The molecule has 3 rings (SSSR count). The largest absolute Gasteiger partial charge is 0.344 e. The Bertz CT molecular complexity index is 881. The van der Waals surface area contributed by atoms with E-state index in [0.29, 0.717) is 17.0 Å². The highest BCUT2D eigenvalue weighted by atomic mass is 35.5. The first-order valence-electron chi connectivity index (χ1n) is 8.05. The molecule has 1 heterocycles. The van der Waals surface area contributed by atoms with Crippen molar-refractivity contribution in [3.8, 4) is 0 Å². The third kappa shape index (κ3) is 4.68. The van der Waals surface area contributed by atoms with Crippen molar-refractivity contribution in [3.63, 3.8) is 0 Å². The SMILES string of the molecule is O=C(CCc1ccc(F)c(F)c1)NC(c1ccc(Cl)cc1)c1cccs1. The Hall–Kier alpha value is -2.24. The van der Waals surface area contributed by atoms with Crippen LogP contribution in [-0.4, -0.2) is 5.91 Å². The molecule has 134 valence electrons. The molecule has 2 nitrogen and oxygen atoms in total. The number of nitrogens with one attached hydrogen (secondary N) is 1. The van der Waals surface area contributed by atoms with E-state index in [4.69, 9.17) is 11.6 Å². The van der Waals surface area contributed by atoms with Crippen LogP contribution < -0.4 is 5.32 Å². The highest BCUT2D eigenvalue weighted by Gasteiger charge is 2.18. The van der Waals surface area contributed by atoms with Crippen LogP contribution in [0.5, 0.6) is 0 Å². The molecule has 1 unspecified atom stereocenters. The number of carbonyl (C=O) groups excluding carboxylic acids is 1. The maximum absolute atomic E-state index is 13.3.